The van der Waals surface area contributed by atoms with Crippen molar-refractivity contribution in [2.75, 3.05) is 10.6 Å². The molecule has 0 saturated heterocycles. The van der Waals surface area contributed by atoms with Crippen LogP contribution in [0.5, 0.6) is 0 Å². The third kappa shape index (κ3) is 4.29. The number of benzene rings is 1. The largest absolute Gasteiger partial charge is 0.467 e. The SMILES string of the molecule is Cc1cc(C(=O)Nc2cccc(Cl)c2Cl)nc(NCc2ccco2)n1. The molecule has 1 amide bonds. The van der Waals surface area contributed by atoms with Crippen molar-refractivity contribution in [1.29, 1.82) is 0 Å². The molecule has 0 bridgehead atoms. The number of hydrogen-bond acceptors (Lipinski definition) is 5. The summed E-state index contributed by atoms with van der Waals surface area (Å²) in [6.07, 6.45) is 1.59. The number of rotatable bonds is 5. The highest BCUT2D eigenvalue weighted by Gasteiger charge is 2.13. The molecule has 0 radical (unpaired) electrons. The van der Waals surface area contributed by atoms with E-state index in [0.717, 1.165) is 5.76 Å². The average molecular weight is 377 g/mol. The Labute approximate surface area is 154 Å². The van der Waals surface area contributed by atoms with Gasteiger partial charge in [0.25, 0.3) is 5.91 Å². The number of carbonyl (C=O) groups is 1. The van der Waals surface area contributed by atoms with E-state index >= 15 is 0 Å². The summed E-state index contributed by atoms with van der Waals surface area (Å²) in [6.45, 7) is 2.19. The summed E-state index contributed by atoms with van der Waals surface area (Å²) in [5.41, 5.74) is 1.28. The summed E-state index contributed by atoms with van der Waals surface area (Å²) in [7, 11) is 0. The lowest BCUT2D eigenvalue weighted by Gasteiger charge is -2.10. The van der Waals surface area contributed by atoms with E-state index in [1.54, 1.807) is 43.5 Å². The van der Waals surface area contributed by atoms with Gasteiger partial charge in [0, 0.05) is 5.69 Å². The van der Waals surface area contributed by atoms with E-state index in [4.69, 9.17) is 27.6 Å². The van der Waals surface area contributed by atoms with Crippen LogP contribution in [-0.2, 0) is 6.54 Å². The number of carbonyl (C=O) groups excluding carboxylic acids is 1. The number of aromatic nitrogens is 2. The third-order valence-electron chi connectivity index (χ3n) is 3.29. The second kappa shape index (κ2) is 7.55. The molecule has 0 aliphatic rings. The van der Waals surface area contributed by atoms with Crippen molar-refractivity contribution in [1.82, 2.24) is 9.97 Å². The molecule has 128 valence electrons. The van der Waals surface area contributed by atoms with Crippen LogP contribution in [-0.4, -0.2) is 15.9 Å². The summed E-state index contributed by atoms with van der Waals surface area (Å²) in [6, 6.07) is 10.2. The highest BCUT2D eigenvalue weighted by molar-refractivity contribution is 6.44. The van der Waals surface area contributed by atoms with Gasteiger partial charge in [-0.25, -0.2) is 9.97 Å². The van der Waals surface area contributed by atoms with Crippen LogP contribution in [0.1, 0.15) is 21.9 Å². The molecule has 6 nitrogen and oxygen atoms in total. The van der Waals surface area contributed by atoms with Crippen LogP contribution in [0.25, 0.3) is 0 Å². The first kappa shape index (κ1) is 17.3. The fraction of sp³-hybridized carbons (Fsp3) is 0.118. The van der Waals surface area contributed by atoms with Crippen molar-refractivity contribution in [3.8, 4) is 0 Å². The normalized spacial score (nSPS) is 10.5. The average Bonchev–Trinajstić information content (AvgIpc) is 3.10. The Morgan fingerprint density at radius 3 is 2.80 bits per heavy atom. The van der Waals surface area contributed by atoms with Crippen LogP contribution >= 0.6 is 23.2 Å². The van der Waals surface area contributed by atoms with Gasteiger partial charge < -0.3 is 15.1 Å². The van der Waals surface area contributed by atoms with E-state index in [-0.39, 0.29) is 10.7 Å². The Morgan fingerprint density at radius 2 is 2.04 bits per heavy atom. The standard InChI is InChI=1S/C17H14Cl2N4O2/c1-10-8-14(16(24)22-13-6-2-5-12(18)15(13)19)23-17(21-10)20-9-11-4-3-7-25-11/h2-8H,9H2,1H3,(H,22,24)(H,20,21,23). The molecule has 0 atom stereocenters. The van der Waals surface area contributed by atoms with Crippen molar-refractivity contribution < 1.29 is 9.21 Å². The molecule has 2 aromatic heterocycles. The molecule has 8 heteroatoms. The second-order valence-corrected chi connectivity index (χ2v) is 5.99. The highest BCUT2D eigenvalue weighted by Crippen LogP contribution is 2.29. The predicted octanol–water partition coefficient (Wildman–Crippen LogP) is 4.55. The van der Waals surface area contributed by atoms with Gasteiger partial charge in [-0.1, -0.05) is 29.3 Å². The van der Waals surface area contributed by atoms with Crippen LogP contribution < -0.4 is 10.6 Å². The van der Waals surface area contributed by atoms with Crippen LogP contribution in [0, 0.1) is 6.92 Å². The molecule has 0 fully saturated rings. The first-order valence-electron chi connectivity index (χ1n) is 7.40. The van der Waals surface area contributed by atoms with Gasteiger partial charge in [0.1, 0.15) is 11.5 Å². The number of aryl methyl sites for hydroxylation is 1. The Balaban J connectivity index is 1.76. The lowest BCUT2D eigenvalue weighted by molar-refractivity contribution is 0.102. The zero-order valence-electron chi connectivity index (χ0n) is 13.2. The number of anilines is 2. The second-order valence-electron chi connectivity index (χ2n) is 5.21. The lowest BCUT2D eigenvalue weighted by Crippen LogP contribution is -2.16. The zero-order chi connectivity index (χ0) is 17.8. The van der Waals surface area contributed by atoms with Gasteiger partial charge in [-0.05, 0) is 37.3 Å². The summed E-state index contributed by atoms with van der Waals surface area (Å²) in [4.78, 5) is 21.0. The molecule has 0 spiro atoms. The van der Waals surface area contributed by atoms with E-state index < -0.39 is 5.91 Å². The number of nitrogens with zero attached hydrogens (tertiary/aromatic N) is 2. The first-order valence-corrected chi connectivity index (χ1v) is 8.16. The molecule has 0 aliphatic heterocycles. The number of furan rings is 1. The molecule has 0 unspecified atom stereocenters. The minimum Gasteiger partial charge on any atom is -0.467 e. The van der Waals surface area contributed by atoms with E-state index in [2.05, 4.69) is 20.6 Å². The fourth-order valence-corrected chi connectivity index (χ4v) is 2.48. The van der Waals surface area contributed by atoms with Crippen LogP contribution in [0.3, 0.4) is 0 Å². The molecule has 0 aliphatic carbocycles. The van der Waals surface area contributed by atoms with Gasteiger partial charge in [-0.15, -0.1) is 0 Å². The molecule has 3 aromatic rings. The van der Waals surface area contributed by atoms with Crippen LogP contribution in [0.4, 0.5) is 11.6 Å². The lowest BCUT2D eigenvalue weighted by atomic mass is 10.3. The maximum absolute atomic E-state index is 12.5. The number of halogens is 2. The van der Waals surface area contributed by atoms with E-state index in [0.29, 0.717) is 28.9 Å². The van der Waals surface area contributed by atoms with E-state index in [1.165, 1.54) is 0 Å². The fourth-order valence-electron chi connectivity index (χ4n) is 2.13. The van der Waals surface area contributed by atoms with Crippen molar-refractivity contribution in [2.45, 2.75) is 13.5 Å². The number of nitrogens with one attached hydrogen (secondary N) is 2. The minimum absolute atomic E-state index is 0.213. The Hall–Kier alpha value is -2.57. The van der Waals surface area contributed by atoms with Gasteiger partial charge in [-0.3, -0.25) is 4.79 Å². The van der Waals surface area contributed by atoms with Crippen molar-refractivity contribution in [3.63, 3.8) is 0 Å². The Bertz CT molecular complexity index is 898. The zero-order valence-corrected chi connectivity index (χ0v) is 14.7. The summed E-state index contributed by atoms with van der Waals surface area (Å²) in [5.74, 6) is 0.663. The van der Waals surface area contributed by atoms with Crippen molar-refractivity contribution in [3.05, 3.63) is 69.9 Å². The minimum atomic E-state index is -0.407. The van der Waals surface area contributed by atoms with Gasteiger partial charge in [0.15, 0.2) is 0 Å². The van der Waals surface area contributed by atoms with E-state index in [1.807, 2.05) is 6.07 Å². The Morgan fingerprint density at radius 1 is 1.20 bits per heavy atom. The monoisotopic (exact) mass is 376 g/mol. The quantitative estimate of drug-likeness (QED) is 0.682. The smallest absolute Gasteiger partial charge is 0.274 e. The predicted molar refractivity (Wildman–Crippen MR) is 97.2 cm³/mol. The topological polar surface area (TPSA) is 80.0 Å². The molecule has 0 saturated carbocycles. The first-order chi connectivity index (χ1) is 12.0. The molecule has 2 N–H and O–H groups in total. The van der Waals surface area contributed by atoms with E-state index in [9.17, 15) is 4.79 Å². The third-order valence-corrected chi connectivity index (χ3v) is 4.11. The van der Waals surface area contributed by atoms with Crippen LogP contribution in [0.15, 0.2) is 47.1 Å². The van der Waals surface area contributed by atoms with Crippen molar-refractivity contribution in [2.24, 2.45) is 0 Å². The Kier molecular flexibility index (Phi) is 5.21. The molecule has 25 heavy (non-hydrogen) atoms. The molecule has 2 heterocycles. The van der Waals surface area contributed by atoms with Crippen molar-refractivity contribution >= 4 is 40.7 Å². The summed E-state index contributed by atoms with van der Waals surface area (Å²) < 4.78 is 5.24. The number of hydrogen-bond donors (Lipinski definition) is 2. The molecular weight excluding hydrogens is 363 g/mol. The molecule has 1 aromatic carbocycles. The van der Waals surface area contributed by atoms with Gasteiger partial charge in [0.2, 0.25) is 5.95 Å². The number of amides is 1. The van der Waals surface area contributed by atoms with Gasteiger partial charge in [-0.2, -0.15) is 0 Å². The summed E-state index contributed by atoms with van der Waals surface area (Å²) in [5, 5.41) is 6.36. The molecule has 3 rings (SSSR count). The van der Waals surface area contributed by atoms with Crippen LogP contribution in [0.2, 0.25) is 10.0 Å². The maximum atomic E-state index is 12.5. The summed E-state index contributed by atoms with van der Waals surface area (Å²) >= 11 is 12.0. The highest BCUT2D eigenvalue weighted by atomic mass is 35.5. The van der Waals surface area contributed by atoms with Gasteiger partial charge in [0.05, 0.1) is 28.5 Å². The maximum Gasteiger partial charge on any atom is 0.274 e. The van der Waals surface area contributed by atoms with Gasteiger partial charge >= 0.3 is 0 Å². The molecular formula is C17H14Cl2N4O2.